The summed E-state index contributed by atoms with van der Waals surface area (Å²) in [5, 5.41) is 19.2. The number of benzene rings is 1. The Hall–Kier alpha value is -0.860. The number of nitrogens with zero attached hydrogens (tertiary/aromatic N) is 1. The highest BCUT2D eigenvalue weighted by atomic mass is 35.5. The van der Waals surface area contributed by atoms with Crippen LogP contribution in [0.3, 0.4) is 0 Å². The van der Waals surface area contributed by atoms with Crippen molar-refractivity contribution in [3.63, 3.8) is 0 Å². The third-order valence-electron chi connectivity index (χ3n) is 2.97. The minimum absolute atomic E-state index is 0.0410. The molecule has 1 fully saturated rings. The van der Waals surface area contributed by atoms with Crippen LogP contribution in [0.25, 0.3) is 0 Å². The number of β-amino-alcohol motifs (C(OH)–C–C–N with tert-alkyl or cyclic N) is 2. The molecule has 0 radical (unpaired) electrons. The summed E-state index contributed by atoms with van der Waals surface area (Å²) in [5.74, 6) is 0.128. The number of hydrogen-bond acceptors (Lipinski definition) is 5. The summed E-state index contributed by atoms with van der Waals surface area (Å²) >= 11 is 5.78. The number of hydrogen-bond donors (Lipinski definition) is 2. The highest BCUT2D eigenvalue weighted by Gasteiger charge is 2.38. The van der Waals surface area contributed by atoms with Crippen LogP contribution in [-0.4, -0.2) is 55.3 Å². The first-order chi connectivity index (χ1) is 8.86. The fourth-order valence-electron chi connectivity index (χ4n) is 1.93. The summed E-state index contributed by atoms with van der Waals surface area (Å²) in [5.41, 5.74) is 0. The van der Waals surface area contributed by atoms with Crippen LogP contribution in [0.1, 0.15) is 0 Å². The Kier molecular flexibility index (Phi) is 4.03. The minimum Gasteiger partial charge on any atom is -0.495 e. The largest absolute Gasteiger partial charge is 0.495 e. The molecule has 19 heavy (non-hydrogen) atoms. The zero-order chi connectivity index (χ0) is 14.2. The molecule has 8 heteroatoms. The molecule has 0 unspecified atom stereocenters. The molecule has 1 saturated heterocycles. The Bertz CT molecular complexity index is 566. The number of aliphatic hydroxyl groups is 2. The molecule has 6 nitrogen and oxygen atoms in total. The second-order valence-electron chi connectivity index (χ2n) is 4.25. The second kappa shape index (κ2) is 5.26. The first-order valence-corrected chi connectivity index (χ1v) is 7.38. The first kappa shape index (κ1) is 14.5. The molecule has 0 saturated carbocycles. The molecule has 1 heterocycles. The molecule has 106 valence electrons. The Labute approximate surface area is 116 Å². The molecule has 2 atom stereocenters. The van der Waals surface area contributed by atoms with Gasteiger partial charge in [0.2, 0.25) is 10.0 Å². The summed E-state index contributed by atoms with van der Waals surface area (Å²) in [6, 6.07) is 4.19. The molecule has 0 bridgehead atoms. The van der Waals surface area contributed by atoms with Crippen molar-refractivity contribution in [3.8, 4) is 5.75 Å². The van der Waals surface area contributed by atoms with Crippen LogP contribution in [-0.2, 0) is 10.0 Å². The van der Waals surface area contributed by atoms with Gasteiger partial charge in [-0.15, -0.1) is 0 Å². The molecule has 2 N–H and O–H groups in total. The number of halogens is 1. The van der Waals surface area contributed by atoms with Crippen molar-refractivity contribution in [2.75, 3.05) is 20.2 Å². The van der Waals surface area contributed by atoms with Crippen LogP contribution in [0.15, 0.2) is 23.1 Å². The Morgan fingerprint density at radius 2 is 1.89 bits per heavy atom. The van der Waals surface area contributed by atoms with Crippen molar-refractivity contribution in [2.24, 2.45) is 0 Å². The van der Waals surface area contributed by atoms with Gasteiger partial charge in [0.05, 0.1) is 19.3 Å². The number of aliphatic hydroxyl groups excluding tert-OH is 2. The van der Waals surface area contributed by atoms with Gasteiger partial charge < -0.3 is 14.9 Å². The van der Waals surface area contributed by atoms with Crippen molar-refractivity contribution < 1.29 is 23.4 Å². The van der Waals surface area contributed by atoms with Gasteiger partial charge in [-0.1, -0.05) is 11.6 Å². The molecule has 1 aromatic carbocycles. The fourth-order valence-corrected chi connectivity index (χ4v) is 3.70. The SMILES string of the molecule is COc1cc(Cl)ccc1S(=O)(=O)N1C[C@@H](O)[C@@H](O)C1. The fraction of sp³-hybridized carbons (Fsp3) is 0.455. The van der Waals surface area contributed by atoms with E-state index in [2.05, 4.69) is 0 Å². The van der Waals surface area contributed by atoms with E-state index in [9.17, 15) is 18.6 Å². The lowest BCUT2D eigenvalue weighted by atomic mass is 10.3. The van der Waals surface area contributed by atoms with Crippen LogP contribution in [0.5, 0.6) is 5.75 Å². The Morgan fingerprint density at radius 1 is 1.32 bits per heavy atom. The summed E-state index contributed by atoms with van der Waals surface area (Å²) in [4.78, 5) is -0.0410. The maximum atomic E-state index is 12.4. The maximum absolute atomic E-state index is 12.4. The molecule has 2 rings (SSSR count). The van der Waals surface area contributed by atoms with Crippen LogP contribution in [0.2, 0.25) is 5.02 Å². The lowest BCUT2D eigenvalue weighted by molar-refractivity contribution is 0.0572. The van der Waals surface area contributed by atoms with Gasteiger partial charge in [-0.3, -0.25) is 0 Å². The number of methoxy groups -OCH3 is 1. The van der Waals surface area contributed by atoms with Crippen molar-refractivity contribution in [1.82, 2.24) is 4.31 Å². The third-order valence-corrected chi connectivity index (χ3v) is 5.08. The molecular formula is C11H14ClNO5S. The van der Waals surface area contributed by atoms with E-state index in [1.807, 2.05) is 0 Å². The van der Waals surface area contributed by atoms with Gasteiger partial charge in [-0.25, -0.2) is 8.42 Å². The average molecular weight is 308 g/mol. The zero-order valence-corrected chi connectivity index (χ0v) is 11.7. The van der Waals surface area contributed by atoms with Gasteiger partial charge in [0, 0.05) is 24.2 Å². The van der Waals surface area contributed by atoms with Crippen LogP contribution in [0, 0.1) is 0 Å². The van der Waals surface area contributed by atoms with Crippen LogP contribution < -0.4 is 4.74 Å². The highest BCUT2D eigenvalue weighted by Crippen LogP contribution is 2.31. The predicted octanol–water partition coefficient (Wildman–Crippen LogP) is 0.0747. The van der Waals surface area contributed by atoms with Crippen LogP contribution in [0.4, 0.5) is 0 Å². The summed E-state index contributed by atoms with van der Waals surface area (Å²) in [7, 11) is -2.49. The number of sulfonamides is 1. The van der Waals surface area contributed by atoms with E-state index in [0.29, 0.717) is 5.02 Å². The van der Waals surface area contributed by atoms with Gasteiger partial charge in [0.1, 0.15) is 10.6 Å². The molecule has 1 aliphatic rings. The molecule has 0 amide bonds. The molecule has 1 aromatic rings. The van der Waals surface area contributed by atoms with E-state index < -0.39 is 22.2 Å². The predicted molar refractivity (Wildman–Crippen MR) is 68.8 cm³/mol. The van der Waals surface area contributed by atoms with Gasteiger partial charge in [-0.2, -0.15) is 4.31 Å². The summed E-state index contributed by atoms with van der Waals surface area (Å²) < 4.78 is 30.8. The molecule has 1 aliphatic heterocycles. The van der Waals surface area contributed by atoms with E-state index in [1.54, 1.807) is 0 Å². The first-order valence-electron chi connectivity index (χ1n) is 5.56. The van der Waals surface area contributed by atoms with Gasteiger partial charge in [0.25, 0.3) is 0 Å². The monoisotopic (exact) mass is 307 g/mol. The Balaban J connectivity index is 2.40. The highest BCUT2D eigenvalue weighted by molar-refractivity contribution is 7.89. The number of ether oxygens (including phenoxy) is 1. The molecular weight excluding hydrogens is 294 g/mol. The van der Waals surface area contributed by atoms with Gasteiger partial charge in [-0.05, 0) is 12.1 Å². The summed E-state index contributed by atoms with van der Waals surface area (Å²) in [6.45, 7) is -0.287. The maximum Gasteiger partial charge on any atom is 0.246 e. The van der Waals surface area contributed by atoms with E-state index in [4.69, 9.17) is 16.3 Å². The van der Waals surface area contributed by atoms with Crippen molar-refractivity contribution in [3.05, 3.63) is 23.2 Å². The number of rotatable bonds is 3. The lowest BCUT2D eigenvalue weighted by Gasteiger charge is -2.17. The van der Waals surface area contributed by atoms with E-state index >= 15 is 0 Å². The van der Waals surface area contributed by atoms with Crippen LogP contribution >= 0.6 is 11.6 Å². The zero-order valence-electron chi connectivity index (χ0n) is 10.2. The molecule has 0 aliphatic carbocycles. The minimum atomic E-state index is -3.83. The molecule has 0 aromatic heterocycles. The topological polar surface area (TPSA) is 87.1 Å². The second-order valence-corrected chi connectivity index (χ2v) is 6.59. The quantitative estimate of drug-likeness (QED) is 0.825. The van der Waals surface area contributed by atoms with Gasteiger partial charge >= 0.3 is 0 Å². The lowest BCUT2D eigenvalue weighted by Crippen LogP contribution is -2.30. The van der Waals surface area contributed by atoms with Crippen molar-refractivity contribution >= 4 is 21.6 Å². The van der Waals surface area contributed by atoms with E-state index in [-0.39, 0.29) is 23.7 Å². The summed E-state index contributed by atoms with van der Waals surface area (Å²) in [6.07, 6.45) is -2.15. The van der Waals surface area contributed by atoms with Crippen molar-refractivity contribution in [2.45, 2.75) is 17.1 Å². The van der Waals surface area contributed by atoms with E-state index in [0.717, 1.165) is 4.31 Å². The van der Waals surface area contributed by atoms with Crippen molar-refractivity contribution in [1.29, 1.82) is 0 Å². The molecule has 0 spiro atoms. The standard InChI is InChI=1S/C11H14ClNO5S/c1-18-10-4-7(12)2-3-11(10)19(16,17)13-5-8(14)9(15)6-13/h2-4,8-9,14-15H,5-6H2,1H3/t8-,9+. The average Bonchev–Trinajstić information content (AvgIpc) is 2.70. The smallest absolute Gasteiger partial charge is 0.246 e. The Morgan fingerprint density at radius 3 is 2.42 bits per heavy atom. The third kappa shape index (κ3) is 2.70. The van der Waals surface area contributed by atoms with E-state index in [1.165, 1.54) is 25.3 Å². The van der Waals surface area contributed by atoms with Gasteiger partial charge in [0.15, 0.2) is 0 Å². The normalized spacial score (nSPS) is 24.6.